The summed E-state index contributed by atoms with van der Waals surface area (Å²) in [6, 6.07) is 9.99. The van der Waals surface area contributed by atoms with Gasteiger partial charge >= 0.3 is 6.09 Å². The van der Waals surface area contributed by atoms with Crippen LogP contribution in [-0.4, -0.2) is 56.5 Å². The number of imidazole rings is 1. The Hall–Kier alpha value is -4.38. The maximum Gasteiger partial charge on any atom is 0.410 e. The Balaban J connectivity index is 1.23. The lowest BCUT2D eigenvalue weighted by Crippen LogP contribution is -2.35. The van der Waals surface area contributed by atoms with Gasteiger partial charge in [0.15, 0.2) is 11.4 Å². The summed E-state index contributed by atoms with van der Waals surface area (Å²) in [5.74, 6) is 0.135. The van der Waals surface area contributed by atoms with Crippen molar-refractivity contribution in [1.82, 2.24) is 19.9 Å². The normalized spacial score (nSPS) is 15.3. The molecule has 1 atom stereocenters. The Bertz CT molecular complexity index is 1560. The van der Waals surface area contributed by atoms with Crippen molar-refractivity contribution >= 4 is 52.0 Å². The molecular weight excluding hydrogens is 536 g/mol. The third-order valence-electron chi connectivity index (χ3n) is 6.26. The predicted octanol–water partition coefficient (Wildman–Crippen LogP) is 5.71. The van der Waals surface area contributed by atoms with Crippen LogP contribution < -0.4 is 10.6 Å². The molecule has 40 heavy (non-hydrogen) atoms. The van der Waals surface area contributed by atoms with E-state index in [4.69, 9.17) is 20.8 Å². The first-order valence-electron chi connectivity index (χ1n) is 12.8. The third kappa shape index (κ3) is 6.42. The van der Waals surface area contributed by atoms with Crippen molar-refractivity contribution in [2.75, 3.05) is 23.7 Å². The summed E-state index contributed by atoms with van der Waals surface area (Å²) in [5.41, 5.74) is 2.08. The molecule has 0 aliphatic carbocycles. The number of aromatic amines is 1. The number of hydrogen-bond acceptors (Lipinski definition) is 7. The van der Waals surface area contributed by atoms with Gasteiger partial charge in [0.25, 0.3) is 5.91 Å². The second-order valence-corrected chi connectivity index (χ2v) is 11.0. The van der Waals surface area contributed by atoms with E-state index < -0.39 is 5.60 Å². The van der Waals surface area contributed by atoms with Crippen molar-refractivity contribution in [3.63, 3.8) is 0 Å². The van der Waals surface area contributed by atoms with Crippen LogP contribution in [-0.2, 0) is 9.53 Å². The molecule has 0 bridgehead atoms. The van der Waals surface area contributed by atoms with Crippen LogP contribution in [0.25, 0.3) is 22.6 Å². The van der Waals surface area contributed by atoms with E-state index >= 15 is 0 Å². The maximum atomic E-state index is 12.7. The minimum atomic E-state index is -0.560. The zero-order valence-corrected chi connectivity index (χ0v) is 23.0. The molecule has 0 unspecified atom stereocenters. The molecule has 208 valence electrons. The van der Waals surface area contributed by atoms with Crippen molar-refractivity contribution in [2.45, 2.75) is 39.2 Å². The van der Waals surface area contributed by atoms with Crippen molar-refractivity contribution < 1.29 is 23.5 Å². The fourth-order valence-corrected chi connectivity index (χ4v) is 4.65. The number of fused-ring (bicyclic) bond motifs is 1. The Labute approximate surface area is 235 Å². The van der Waals surface area contributed by atoms with E-state index in [1.165, 1.54) is 12.5 Å². The number of aromatic nitrogens is 3. The highest BCUT2D eigenvalue weighted by Crippen LogP contribution is 2.31. The number of carbonyl (C=O) groups is 3. The van der Waals surface area contributed by atoms with Crippen molar-refractivity contribution in [2.24, 2.45) is 5.92 Å². The third-order valence-corrected chi connectivity index (χ3v) is 6.59. The van der Waals surface area contributed by atoms with E-state index in [9.17, 15) is 14.4 Å². The number of amides is 3. The summed E-state index contributed by atoms with van der Waals surface area (Å²) in [6.45, 7) is 6.52. The summed E-state index contributed by atoms with van der Waals surface area (Å²) in [5, 5.41) is 6.08. The lowest BCUT2D eigenvalue weighted by Gasteiger charge is -2.24. The molecule has 12 heteroatoms. The Kier molecular flexibility index (Phi) is 7.49. The summed E-state index contributed by atoms with van der Waals surface area (Å²) < 4.78 is 10.6. The zero-order valence-electron chi connectivity index (χ0n) is 22.3. The van der Waals surface area contributed by atoms with Gasteiger partial charge in [0.05, 0.1) is 28.7 Å². The van der Waals surface area contributed by atoms with Crippen molar-refractivity contribution in [3.8, 4) is 11.4 Å². The van der Waals surface area contributed by atoms with Crippen LogP contribution in [0.15, 0.2) is 53.3 Å². The van der Waals surface area contributed by atoms with Crippen LogP contribution >= 0.6 is 11.6 Å². The molecule has 1 saturated heterocycles. The van der Waals surface area contributed by atoms with Gasteiger partial charge in [0.2, 0.25) is 5.91 Å². The van der Waals surface area contributed by atoms with E-state index in [1.807, 2.05) is 20.8 Å². The number of anilines is 2. The first-order valence-corrected chi connectivity index (χ1v) is 13.2. The Morgan fingerprint density at radius 2 is 2.00 bits per heavy atom. The number of benzene rings is 1. The van der Waals surface area contributed by atoms with Gasteiger partial charge in [-0.1, -0.05) is 11.6 Å². The Morgan fingerprint density at radius 1 is 1.18 bits per heavy atom. The van der Waals surface area contributed by atoms with Gasteiger partial charge in [0.1, 0.15) is 11.4 Å². The topological polar surface area (TPSA) is 142 Å². The van der Waals surface area contributed by atoms with E-state index in [-0.39, 0.29) is 36.0 Å². The standard InChI is InChI=1S/C28H29ClN6O5/c1-28(2,3)40-27(38)35-9-8-16(15-35)11-23(36)31-18-13-21-25(30-14-18)34-24(33-21)19-12-17(6-7-20(19)29)32-26(37)22-5-4-10-39-22/h4-7,10,12-14,16H,8-9,11,15H2,1-3H3,(H,31,36)(H,32,37)(H,30,33,34)/t16-/m1/s1. The molecule has 1 fully saturated rings. The van der Waals surface area contributed by atoms with Gasteiger partial charge in [0, 0.05) is 30.8 Å². The number of carbonyl (C=O) groups excluding carboxylic acids is 3. The largest absolute Gasteiger partial charge is 0.459 e. The number of rotatable bonds is 6. The molecule has 0 radical (unpaired) electrons. The number of ether oxygens (including phenoxy) is 1. The maximum absolute atomic E-state index is 12.7. The zero-order chi connectivity index (χ0) is 28.4. The second-order valence-electron chi connectivity index (χ2n) is 10.6. The molecule has 3 amide bonds. The molecule has 4 heterocycles. The molecule has 3 N–H and O–H groups in total. The molecule has 1 aliphatic heterocycles. The summed E-state index contributed by atoms with van der Waals surface area (Å²) >= 11 is 6.44. The average Bonchev–Trinajstić information content (AvgIpc) is 3.65. The molecule has 0 spiro atoms. The van der Waals surface area contributed by atoms with Crippen molar-refractivity contribution in [3.05, 3.63) is 59.6 Å². The van der Waals surface area contributed by atoms with Crippen LogP contribution in [0.1, 0.15) is 44.2 Å². The fourth-order valence-electron chi connectivity index (χ4n) is 4.45. The number of likely N-dealkylation sites (tertiary alicyclic amines) is 1. The van der Waals surface area contributed by atoms with Crippen LogP contribution in [0.5, 0.6) is 0 Å². The fraction of sp³-hybridized carbons (Fsp3) is 0.321. The first-order chi connectivity index (χ1) is 19.0. The van der Waals surface area contributed by atoms with Crippen LogP contribution in [0.2, 0.25) is 5.02 Å². The van der Waals surface area contributed by atoms with E-state index in [2.05, 4.69) is 25.6 Å². The number of nitrogens with zero attached hydrogens (tertiary/aromatic N) is 3. The molecule has 1 aliphatic rings. The molecule has 4 aromatic rings. The molecule has 11 nitrogen and oxygen atoms in total. The summed E-state index contributed by atoms with van der Waals surface area (Å²) in [7, 11) is 0. The molecular formula is C28H29ClN6O5. The average molecular weight is 565 g/mol. The molecule has 1 aromatic carbocycles. The van der Waals surface area contributed by atoms with Crippen LogP contribution in [0.4, 0.5) is 16.2 Å². The highest BCUT2D eigenvalue weighted by Gasteiger charge is 2.31. The van der Waals surface area contributed by atoms with Gasteiger partial charge in [-0.2, -0.15) is 0 Å². The SMILES string of the molecule is CC(C)(C)OC(=O)N1CC[C@H](CC(=O)Nc2cnc3nc(-c4cc(NC(=O)c5ccco5)ccc4Cl)[nH]c3c2)C1. The highest BCUT2D eigenvalue weighted by atomic mass is 35.5. The summed E-state index contributed by atoms with van der Waals surface area (Å²) in [4.78, 5) is 51.1. The van der Waals surface area contributed by atoms with Crippen LogP contribution in [0.3, 0.4) is 0 Å². The number of hydrogen-bond donors (Lipinski definition) is 3. The monoisotopic (exact) mass is 564 g/mol. The molecule has 0 saturated carbocycles. The van der Waals surface area contributed by atoms with Crippen molar-refractivity contribution in [1.29, 1.82) is 0 Å². The first kappa shape index (κ1) is 27.2. The number of halogens is 1. The number of H-pyrrole nitrogens is 1. The second kappa shape index (κ2) is 11.0. The smallest absolute Gasteiger partial charge is 0.410 e. The van der Waals surface area contributed by atoms with E-state index in [0.29, 0.717) is 52.0 Å². The lowest BCUT2D eigenvalue weighted by atomic mass is 10.0. The van der Waals surface area contributed by atoms with Gasteiger partial charge in [-0.3, -0.25) is 9.59 Å². The van der Waals surface area contributed by atoms with Crippen LogP contribution in [0, 0.1) is 5.92 Å². The van der Waals surface area contributed by atoms with Gasteiger partial charge in [-0.15, -0.1) is 0 Å². The van der Waals surface area contributed by atoms with Gasteiger partial charge in [-0.05, 0) is 69.5 Å². The highest BCUT2D eigenvalue weighted by molar-refractivity contribution is 6.33. The quantitative estimate of drug-likeness (QED) is 0.272. The lowest BCUT2D eigenvalue weighted by molar-refractivity contribution is -0.117. The van der Waals surface area contributed by atoms with Gasteiger partial charge < -0.3 is 29.7 Å². The Morgan fingerprint density at radius 3 is 2.75 bits per heavy atom. The minimum absolute atomic E-state index is 0.0469. The molecule has 3 aromatic heterocycles. The summed E-state index contributed by atoms with van der Waals surface area (Å²) in [6.07, 6.45) is 3.61. The van der Waals surface area contributed by atoms with Gasteiger partial charge in [-0.25, -0.2) is 14.8 Å². The number of nitrogens with one attached hydrogen (secondary N) is 3. The predicted molar refractivity (Wildman–Crippen MR) is 150 cm³/mol. The minimum Gasteiger partial charge on any atom is -0.459 e. The van der Waals surface area contributed by atoms with E-state index in [1.54, 1.807) is 41.3 Å². The van der Waals surface area contributed by atoms with E-state index in [0.717, 1.165) is 6.42 Å². The molecule has 5 rings (SSSR count). The number of furan rings is 1. The number of pyridine rings is 1.